The van der Waals surface area contributed by atoms with Gasteiger partial charge in [0.1, 0.15) is 6.54 Å². The molecule has 6 nitrogen and oxygen atoms in total. The largest absolute Gasteiger partial charge is 0.462 e. The number of anilines is 1. The third-order valence-electron chi connectivity index (χ3n) is 4.59. The van der Waals surface area contributed by atoms with Crippen molar-refractivity contribution < 1.29 is 19.1 Å². The van der Waals surface area contributed by atoms with Crippen LogP contribution in [0.25, 0.3) is 0 Å². The lowest BCUT2D eigenvalue weighted by Crippen LogP contribution is -2.43. The molecule has 0 saturated heterocycles. The summed E-state index contributed by atoms with van der Waals surface area (Å²) in [6, 6.07) is 6.72. The Morgan fingerprint density at radius 2 is 1.69 bits per heavy atom. The number of nitrogens with one attached hydrogen (secondary N) is 1. The highest BCUT2D eigenvalue weighted by Gasteiger charge is 2.20. The van der Waals surface area contributed by atoms with Gasteiger partial charge in [-0.1, -0.05) is 25.7 Å². The number of nitrogens with zero attached hydrogens (tertiary/aromatic N) is 1. The second-order valence-electron chi connectivity index (χ2n) is 6.63. The third kappa shape index (κ3) is 5.86. The van der Waals surface area contributed by atoms with Crippen LogP contribution in [0.15, 0.2) is 24.3 Å². The minimum absolute atomic E-state index is 0.0232. The Morgan fingerprint density at radius 1 is 1.08 bits per heavy atom. The van der Waals surface area contributed by atoms with Gasteiger partial charge in [0.25, 0.3) is 0 Å². The first-order chi connectivity index (χ1) is 12.5. The molecule has 0 radical (unpaired) electrons. The quantitative estimate of drug-likeness (QED) is 0.625. The van der Waals surface area contributed by atoms with Crippen LogP contribution in [-0.2, 0) is 14.3 Å². The van der Waals surface area contributed by atoms with Crippen molar-refractivity contribution in [3.63, 3.8) is 0 Å². The fourth-order valence-corrected chi connectivity index (χ4v) is 3.22. The third-order valence-corrected chi connectivity index (χ3v) is 4.59. The van der Waals surface area contributed by atoms with Gasteiger partial charge in [-0.2, -0.15) is 0 Å². The van der Waals surface area contributed by atoms with E-state index in [9.17, 15) is 14.4 Å². The summed E-state index contributed by atoms with van der Waals surface area (Å²) in [5, 5.41) is 3.05. The van der Waals surface area contributed by atoms with Gasteiger partial charge >= 0.3 is 5.97 Å². The fourth-order valence-electron chi connectivity index (χ4n) is 3.22. The topological polar surface area (TPSA) is 75.7 Å². The molecular weight excluding hydrogens is 332 g/mol. The number of benzene rings is 1. The van der Waals surface area contributed by atoms with E-state index in [-0.39, 0.29) is 24.4 Å². The maximum Gasteiger partial charge on any atom is 0.338 e. The normalized spacial score (nSPS) is 15.0. The van der Waals surface area contributed by atoms with E-state index in [0.29, 0.717) is 17.9 Å². The van der Waals surface area contributed by atoms with Crippen molar-refractivity contribution in [1.29, 1.82) is 0 Å². The number of hydrogen-bond acceptors (Lipinski definition) is 4. The Morgan fingerprint density at radius 3 is 2.23 bits per heavy atom. The molecule has 1 saturated carbocycles. The van der Waals surface area contributed by atoms with Gasteiger partial charge < -0.3 is 15.0 Å². The highest BCUT2D eigenvalue weighted by Crippen LogP contribution is 2.18. The SMILES string of the molecule is CCOC(=O)c1ccc(N(CC(=O)NC2CCCCCC2)C(C)=O)cc1. The van der Waals surface area contributed by atoms with Crippen LogP contribution in [0.4, 0.5) is 5.69 Å². The molecule has 0 aliphatic heterocycles. The van der Waals surface area contributed by atoms with Crippen molar-refractivity contribution in [1.82, 2.24) is 5.32 Å². The predicted molar refractivity (Wildman–Crippen MR) is 100 cm³/mol. The summed E-state index contributed by atoms with van der Waals surface area (Å²) in [5.41, 5.74) is 1.00. The highest BCUT2D eigenvalue weighted by molar-refractivity contribution is 5.98. The van der Waals surface area contributed by atoms with Crippen LogP contribution in [0.2, 0.25) is 0 Å². The van der Waals surface area contributed by atoms with E-state index < -0.39 is 5.97 Å². The maximum absolute atomic E-state index is 12.4. The average Bonchev–Trinajstić information content (AvgIpc) is 2.88. The number of carbonyl (C=O) groups is 3. The molecule has 1 N–H and O–H groups in total. The Hall–Kier alpha value is -2.37. The van der Waals surface area contributed by atoms with Crippen molar-refractivity contribution >= 4 is 23.5 Å². The predicted octanol–water partition coefficient (Wildman–Crippen LogP) is 3.06. The zero-order valence-electron chi connectivity index (χ0n) is 15.6. The van der Waals surface area contributed by atoms with E-state index in [2.05, 4.69) is 5.32 Å². The lowest BCUT2D eigenvalue weighted by Gasteiger charge is -2.23. The molecule has 6 heteroatoms. The van der Waals surface area contributed by atoms with Crippen molar-refractivity contribution in [3.8, 4) is 0 Å². The van der Waals surface area contributed by atoms with Gasteiger partial charge in [-0.05, 0) is 44.0 Å². The van der Waals surface area contributed by atoms with Gasteiger partial charge in [0.05, 0.1) is 12.2 Å². The van der Waals surface area contributed by atoms with Crippen LogP contribution < -0.4 is 10.2 Å². The molecule has 26 heavy (non-hydrogen) atoms. The second kappa shape index (κ2) is 9.94. The van der Waals surface area contributed by atoms with Crippen molar-refractivity contribution in [2.24, 2.45) is 0 Å². The first-order valence-electron chi connectivity index (χ1n) is 9.36. The number of esters is 1. The first kappa shape index (κ1) is 19.9. The van der Waals surface area contributed by atoms with Gasteiger partial charge in [0.2, 0.25) is 11.8 Å². The molecular formula is C20H28N2O4. The van der Waals surface area contributed by atoms with Crippen LogP contribution in [0, 0.1) is 0 Å². The zero-order chi connectivity index (χ0) is 18.9. The minimum atomic E-state index is -0.403. The van der Waals surface area contributed by atoms with Crippen molar-refractivity contribution in [2.45, 2.75) is 58.4 Å². The van der Waals surface area contributed by atoms with Gasteiger partial charge in [0, 0.05) is 18.7 Å². The molecule has 2 amide bonds. The lowest BCUT2D eigenvalue weighted by atomic mass is 10.1. The summed E-state index contributed by atoms with van der Waals surface area (Å²) in [5.74, 6) is -0.772. The molecule has 0 aromatic heterocycles. The van der Waals surface area contributed by atoms with E-state index in [1.165, 1.54) is 24.7 Å². The van der Waals surface area contributed by atoms with Crippen LogP contribution >= 0.6 is 0 Å². The summed E-state index contributed by atoms with van der Waals surface area (Å²) < 4.78 is 4.95. The van der Waals surface area contributed by atoms with Gasteiger partial charge in [0.15, 0.2) is 0 Å². The van der Waals surface area contributed by atoms with Crippen molar-refractivity contribution in [2.75, 3.05) is 18.1 Å². The summed E-state index contributed by atoms with van der Waals surface area (Å²) >= 11 is 0. The Balaban J connectivity index is 2.00. The standard InChI is InChI=1S/C20H28N2O4/c1-3-26-20(25)16-10-12-18(13-11-16)22(15(2)23)14-19(24)21-17-8-6-4-5-7-9-17/h10-13,17H,3-9,14H2,1-2H3,(H,21,24). The molecule has 0 atom stereocenters. The number of hydrogen-bond donors (Lipinski definition) is 1. The summed E-state index contributed by atoms with van der Waals surface area (Å²) in [7, 11) is 0. The summed E-state index contributed by atoms with van der Waals surface area (Å²) in [4.78, 5) is 37.5. The van der Waals surface area contributed by atoms with E-state index >= 15 is 0 Å². The molecule has 0 unspecified atom stereocenters. The molecule has 0 spiro atoms. The molecule has 1 aromatic rings. The second-order valence-corrected chi connectivity index (χ2v) is 6.63. The number of carbonyl (C=O) groups excluding carboxylic acids is 3. The zero-order valence-corrected chi connectivity index (χ0v) is 15.6. The van der Waals surface area contributed by atoms with Crippen LogP contribution in [-0.4, -0.2) is 37.0 Å². The minimum Gasteiger partial charge on any atom is -0.462 e. The highest BCUT2D eigenvalue weighted by atomic mass is 16.5. The van der Waals surface area contributed by atoms with Crippen LogP contribution in [0.5, 0.6) is 0 Å². The first-order valence-corrected chi connectivity index (χ1v) is 9.36. The lowest BCUT2D eigenvalue weighted by molar-refractivity contribution is -0.123. The molecule has 1 aliphatic carbocycles. The van der Waals surface area contributed by atoms with Gasteiger partial charge in [-0.25, -0.2) is 4.79 Å². The maximum atomic E-state index is 12.4. The number of rotatable bonds is 6. The molecule has 0 heterocycles. The molecule has 0 bridgehead atoms. The Bertz CT molecular complexity index is 619. The molecule has 1 aromatic carbocycles. The smallest absolute Gasteiger partial charge is 0.338 e. The number of amides is 2. The Labute approximate surface area is 154 Å². The fraction of sp³-hybridized carbons (Fsp3) is 0.550. The van der Waals surface area contributed by atoms with E-state index in [4.69, 9.17) is 4.74 Å². The number of ether oxygens (including phenoxy) is 1. The van der Waals surface area contributed by atoms with Gasteiger partial charge in [-0.15, -0.1) is 0 Å². The molecule has 2 rings (SSSR count). The molecule has 142 valence electrons. The summed E-state index contributed by atoms with van der Waals surface area (Å²) in [6.07, 6.45) is 6.71. The average molecular weight is 360 g/mol. The van der Waals surface area contributed by atoms with E-state index in [0.717, 1.165) is 25.7 Å². The van der Waals surface area contributed by atoms with Crippen molar-refractivity contribution in [3.05, 3.63) is 29.8 Å². The van der Waals surface area contributed by atoms with Crippen LogP contribution in [0.1, 0.15) is 62.7 Å². The van der Waals surface area contributed by atoms with Crippen LogP contribution in [0.3, 0.4) is 0 Å². The summed E-state index contributed by atoms with van der Waals surface area (Å²) in [6.45, 7) is 3.46. The van der Waals surface area contributed by atoms with E-state index in [1.54, 1.807) is 31.2 Å². The van der Waals surface area contributed by atoms with E-state index in [1.807, 2.05) is 0 Å². The molecule has 1 aliphatic rings. The molecule has 1 fully saturated rings. The Kier molecular flexibility index (Phi) is 7.63. The van der Waals surface area contributed by atoms with Gasteiger partial charge in [-0.3, -0.25) is 9.59 Å². The monoisotopic (exact) mass is 360 g/mol.